The monoisotopic (exact) mass is 487 g/mol. The molecule has 10 nitrogen and oxygen atoms in total. The normalized spacial score (nSPS) is 22.0. The van der Waals surface area contributed by atoms with Gasteiger partial charge in [0.05, 0.1) is 11.7 Å². The highest BCUT2D eigenvalue weighted by atomic mass is 16.5. The van der Waals surface area contributed by atoms with Gasteiger partial charge in [-0.25, -0.2) is 4.79 Å². The van der Waals surface area contributed by atoms with Gasteiger partial charge in [0.25, 0.3) is 5.91 Å². The lowest BCUT2D eigenvalue weighted by atomic mass is 10.0. The van der Waals surface area contributed by atoms with Gasteiger partial charge in [0, 0.05) is 45.0 Å². The van der Waals surface area contributed by atoms with E-state index >= 15 is 0 Å². The number of hydrogen-bond donors (Lipinski definition) is 2. The van der Waals surface area contributed by atoms with Crippen molar-refractivity contribution >= 4 is 23.3 Å². The minimum absolute atomic E-state index is 0.0945. The number of anilines is 2. The second-order valence-electron chi connectivity index (χ2n) is 9.17. The van der Waals surface area contributed by atoms with Crippen LogP contribution in [0.1, 0.15) is 42.6 Å². The summed E-state index contributed by atoms with van der Waals surface area (Å²) in [5.74, 6) is 1.01. The number of methoxy groups -OCH3 is 1. The predicted octanol–water partition coefficient (Wildman–Crippen LogP) is 3.76. The maximum atomic E-state index is 13.3. The molecular formula is C25H37N5O5. The van der Waals surface area contributed by atoms with Gasteiger partial charge >= 0.3 is 6.03 Å². The first-order valence-corrected chi connectivity index (χ1v) is 11.9. The number of rotatable bonds is 4. The molecule has 1 aromatic heterocycles. The third kappa shape index (κ3) is 6.32. The van der Waals surface area contributed by atoms with Gasteiger partial charge in [0.1, 0.15) is 23.7 Å². The summed E-state index contributed by atoms with van der Waals surface area (Å²) >= 11 is 0. The van der Waals surface area contributed by atoms with Crippen LogP contribution in [-0.2, 0) is 4.74 Å². The first-order valence-electron chi connectivity index (χ1n) is 11.9. The molecule has 1 aliphatic rings. The summed E-state index contributed by atoms with van der Waals surface area (Å²) in [6.45, 7) is 12.4. The zero-order valence-corrected chi connectivity index (χ0v) is 21.7. The fourth-order valence-corrected chi connectivity index (χ4v) is 4.30. The van der Waals surface area contributed by atoms with E-state index in [1.807, 2.05) is 0 Å². The average molecular weight is 488 g/mol. The van der Waals surface area contributed by atoms with Gasteiger partial charge in [-0.1, -0.05) is 19.0 Å². The fourth-order valence-electron chi connectivity index (χ4n) is 4.30. The van der Waals surface area contributed by atoms with Crippen LogP contribution in [-0.4, -0.2) is 79.4 Å². The van der Waals surface area contributed by atoms with Crippen LogP contribution in [0.4, 0.5) is 16.2 Å². The third-order valence-electron chi connectivity index (χ3n) is 6.51. The smallest absolute Gasteiger partial charge is 0.323 e. The molecule has 0 radical (unpaired) electrons. The molecule has 0 aliphatic carbocycles. The van der Waals surface area contributed by atoms with Gasteiger partial charge < -0.3 is 29.5 Å². The van der Waals surface area contributed by atoms with Crippen molar-refractivity contribution in [3.63, 3.8) is 0 Å². The van der Waals surface area contributed by atoms with Gasteiger partial charge in [-0.05, 0) is 45.4 Å². The van der Waals surface area contributed by atoms with Crippen LogP contribution in [0.3, 0.4) is 0 Å². The molecule has 0 bridgehead atoms. The number of benzene rings is 1. The Bertz CT molecular complexity index is 1020. The number of carbonyl (C=O) groups is 2. The Balaban J connectivity index is 1.86. The van der Waals surface area contributed by atoms with E-state index in [0.717, 1.165) is 13.1 Å². The largest absolute Gasteiger partial charge is 0.491 e. The van der Waals surface area contributed by atoms with Crippen LogP contribution in [0.15, 0.2) is 22.7 Å². The second kappa shape index (κ2) is 11.5. The lowest BCUT2D eigenvalue weighted by Gasteiger charge is -2.35. The van der Waals surface area contributed by atoms with Crippen molar-refractivity contribution in [1.29, 1.82) is 0 Å². The number of hydrogen-bond acceptors (Lipinski definition) is 7. The molecule has 0 spiro atoms. The van der Waals surface area contributed by atoms with Crippen molar-refractivity contribution in [2.24, 2.45) is 5.92 Å². The minimum Gasteiger partial charge on any atom is -0.491 e. The van der Waals surface area contributed by atoms with Crippen LogP contribution in [0.25, 0.3) is 0 Å². The number of nitrogens with one attached hydrogen (secondary N) is 2. The number of urea groups is 1. The number of aryl methyl sites for hydroxylation is 2. The highest BCUT2D eigenvalue weighted by molar-refractivity contribution is 6.02. The van der Waals surface area contributed by atoms with E-state index in [2.05, 4.69) is 41.5 Å². The zero-order chi connectivity index (χ0) is 25.7. The molecule has 1 aromatic carbocycles. The number of carbonyl (C=O) groups excluding carboxylic acids is 2. The molecule has 3 amide bonds. The van der Waals surface area contributed by atoms with Crippen molar-refractivity contribution in [2.45, 2.75) is 46.8 Å². The number of likely N-dealkylation sites (N-methyl/N-ethyl adjacent to an activating group) is 2. The Morgan fingerprint density at radius 2 is 1.97 bits per heavy atom. The van der Waals surface area contributed by atoms with Crippen LogP contribution in [0, 0.1) is 19.8 Å². The van der Waals surface area contributed by atoms with Crippen molar-refractivity contribution in [3.8, 4) is 5.75 Å². The summed E-state index contributed by atoms with van der Waals surface area (Å²) in [6, 6.07) is 4.72. The lowest BCUT2D eigenvalue weighted by Crippen LogP contribution is -2.46. The third-order valence-corrected chi connectivity index (χ3v) is 6.51. The second-order valence-corrected chi connectivity index (χ2v) is 9.17. The molecule has 0 fully saturated rings. The number of aromatic nitrogens is 1. The van der Waals surface area contributed by atoms with E-state index in [1.54, 1.807) is 51.1 Å². The Kier molecular flexibility index (Phi) is 8.74. The summed E-state index contributed by atoms with van der Waals surface area (Å²) < 4.78 is 17.0. The van der Waals surface area contributed by atoms with E-state index in [-0.39, 0.29) is 24.0 Å². The SMILES string of the molecule is CCN1C[C@@H](C)[C@H](OC)CN(C)C(=O)c2ccc(NC(=O)Nc3c(C)noc3C)cc2OC[C@H]1C. The Morgan fingerprint density at radius 3 is 2.60 bits per heavy atom. The average Bonchev–Trinajstić information content (AvgIpc) is 3.15. The van der Waals surface area contributed by atoms with E-state index in [9.17, 15) is 9.59 Å². The van der Waals surface area contributed by atoms with Crippen LogP contribution in [0.5, 0.6) is 5.75 Å². The standard InChI is InChI=1S/C25H37N5O5/c1-8-30-12-15(2)22(33-7)13-29(6)24(31)20-10-9-19(11-21(20)34-14-16(30)3)26-25(32)27-23-17(4)28-35-18(23)5/h9-11,15-16,22H,8,12-14H2,1-7H3,(H2,26,27,32)/t15-,16-,22-/m1/s1. The maximum Gasteiger partial charge on any atom is 0.323 e. The summed E-state index contributed by atoms with van der Waals surface area (Å²) in [5, 5.41) is 9.39. The first-order chi connectivity index (χ1) is 16.6. The van der Waals surface area contributed by atoms with E-state index < -0.39 is 6.03 Å². The minimum atomic E-state index is -0.446. The Labute approximate surface area is 206 Å². The van der Waals surface area contributed by atoms with Gasteiger partial charge in [0.2, 0.25) is 0 Å². The Morgan fingerprint density at radius 1 is 1.23 bits per heavy atom. The lowest BCUT2D eigenvalue weighted by molar-refractivity contribution is 0.0116. The predicted molar refractivity (Wildman–Crippen MR) is 134 cm³/mol. The molecule has 192 valence electrons. The maximum absolute atomic E-state index is 13.3. The Hall–Kier alpha value is -3.11. The van der Waals surface area contributed by atoms with Crippen LogP contribution >= 0.6 is 0 Å². The summed E-state index contributed by atoms with van der Waals surface area (Å²) in [7, 11) is 3.45. The molecule has 3 rings (SSSR count). The number of amides is 3. The highest BCUT2D eigenvalue weighted by Crippen LogP contribution is 2.27. The van der Waals surface area contributed by atoms with Gasteiger partial charge in [0.15, 0.2) is 5.76 Å². The van der Waals surface area contributed by atoms with Crippen LogP contribution < -0.4 is 15.4 Å². The van der Waals surface area contributed by atoms with Crippen LogP contribution in [0.2, 0.25) is 0 Å². The molecule has 35 heavy (non-hydrogen) atoms. The molecule has 2 N–H and O–H groups in total. The molecule has 2 heterocycles. The van der Waals surface area contributed by atoms with Crippen molar-refractivity contribution in [3.05, 3.63) is 35.2 Å². The first kappa shape index (κ1) is 26.5. The van der Waals surface area contributed by atoms with Gasteiger partial charge in [-0.2, -0.15) is 0 Å². The molecule has 10 heteroatoms. The van der Waals surface area contributed by atoms with Gasteiger partial charge in [-0.3, -0.25) is 9.69 Å². The molecule has 3 atom stereocenters. The van der Waals surface area contributed by atoms with Crippen molar-refractivity contribution in [2.75, 3.05) is 51.0 Å². The topological polar surface area (TPSA) is 109 Å². The molecule has 2 aromatic rings. The number of ether oxygens (including phenoxy) is 2. The summed E-state index contributed by atoms with van der Waals surface area (Å²) in [6.07, 6.45) is -0.0945. The molecule has 1 aliphatic heterocycles. The van der Waals surface area contributed by atoms with E-state index in [4.69, 9.17) is 14.0 Å². The molecule has 0 saturated heterocycles. The van der Waals surface area contributed by atoms with Crippen molar-refractivity contribution < 1.29 is 23.6 Å². The van der Waals surface area contributed by atoms with E-state index in [1.165, 1.54) is 0 Å². The molecular weight excluding hydrogens is 450 g/mol. The zero-order valence-electron chi connectivity index (χ0n) is 21.7. The summed E-state index contributed by atoms with van der Waals surface area (Å²) in [4.78, 5) is 29.9. The van der Waals surface area contributed by atoms with Gasteiger partial charge in [-0.15, -0.1) is 0 Å². The molecule has 0 saturated carbocycles. The van der Waals surface area contributed by atoms with Crippen molar-refractivity contribution in [1.82, 2.24) is 15.0 Å². The highest BCUT2D eigenvalue weighted by Gasteiger charge is 2.28. The number of fused-ring (bicyclic) bond motifs is 1. The number of nitrogens with zero attached hydrogens (tertiary/aromatic N) is 3. The quantitative estimate of drug-likeness (QED) is 0.676. The fraction of sp³-hybridized carbons (Fsp3) is 0.560. The summed E-state index contributed by atoms with van der Waals surface area (Å²) in [5.41, 5.74) is 2.05. The molecule has 0 unspecified atom stereocenters. The van der Waals surface area contributed by atoms with E-state index in [0.29, 0.717) is 47.3 Å².